The van der Waals surface area contributed by atoms with Gasteiger partial charge in [-0.1, -0.05) is 0 Å². The van der Waals surface area contributed by atoms with Gasteiger partial charge in [-0.05, 0) is 13.8 Å². The largest absolute Gasteiger partial charge is 0.368 e. The first-order valence-electron chi connectivity index (χ1n) is 4.51. The van der Waals surface area contributed by atoms with Crippen LogP contribution >= 0.6 is 0 Å². The zero-order valence-electron chi connectivity index (χ0n) is 8.84. The van der Waals surface area contributed by atoms with Crippen molar-refractivity contribution in [1.29, 1.82) is 0 Å². The van der Waals surface area contributed by atoms with E-state index in [0.717, 1.165) is 16.8 Å². The Balaban J connectivity index is 3.42. The maximum atomic E-state index is 11.5. The summed E-state index contributed by atoms with van der Waals surface area (Å²) in [6.45, 7) is 2.86. The minimum atomic E-state index is -0.910. The lowest BCUT2D eigenvalue weighted by atomic mass is 10.2. The molecule has 0 saturated heterocycles. The van der Waals surface area contributed by atoms with Crippen LogP contribution in [0, 0.1) is 17.0 Å². The second-order valence-corrected chi connectivity index (χ2v) is 3.42. The number of rotatable bonds is 3. The predicted molar refractivity (Wildman–Crippen MR) is 56.0 cm³/mol. The molecule has 2 N–H and O–H groups in total. The molecule has 0 aliphatic heterocycles. The molecule has 0 aliphatic rings. The lowest BCUT2D eigenvalue weighted by molar-refractivity contribution is -0.386. The summed E-state index contributed by atoms with van der Waals surface area (Å²) in [6, 6.07) is 0.198. The molecule has 1 aromatic rings. The molecule has 0 fully saturated rings. The van der Waals surface area contributed by atoms with Gasteiger partial charge in [0.1, 0.15) is 6.04 Å². The number of primary amides is 1. The highest BCUT2D eigenvalue weighted by Crippen LogP contribution is 2.16. The van der Waals surface area contributed by atoms with Crippen LogP contribution < -0.4 is 11.3 Å². The third-order valence-electron chi connectivity index (χ3n) is 2.29. The van der Waals surface area contributed by atoms with E-state index in [1.807, 2.05) is 0 Å². The Morgan fingerprint density at radius 1 is 1.62 bits per heavy atom. The van der Waals surface area contributed by atoms with Crippen molar-refractivity contribution < 1.29 is 9.72 Å². The topological polar surface area (TPSA) is 108 Å². The molecule has 0 aliphatic carbocycles. The van der Waals surface area contributed by atoms with E-state index >= 15 is 0 Å². The molecule has 86 valence electrons. The molecule has 1 rings (SSSR count). The van der Waals surface area contributed by atoms with E-state index in [1.165, 1.54) is 13.8 Å². The van der Waals surface area contributed by atoms with Gasteiger partial charge in [-0.3, -0.25) is 24.3 Å². The molecule has 16 heavy (non-hydrogen) atoms. The normalized spacial score (nSPS) is 12.1. The number of hydrogen-bond donors (Lipinski definition) is 1. The summed E-state index contributed by atoms with van der Waals surface area (Å²) in [5.74, 6) is -0.722. The number of aromatic nitrogens is 1. The molecule has 1 aromatic heterocycles. The summed E-state index contributed by atoms with van der Waals surface area (Å²) in [4.78, 5) is 32.4. The SMILES string of the molecule is Cc1cc(=O)n(C(C)C(N)=O)cc1[N+](=O)[O-]. The Bertz CT molecular complexity index is 506. The van der Waals surface area contributed by atoms with Crippen molar-refractivity contribution >= 4 is 11.6 Å². The molecule has 7 heteroatoms. The molecule has 0 saturated carbocycles. The number of carbonyl (C=O) groups is 1. The summed E-state index contributed by atoms with van der Waals surface area (Å²) < 4.78 is 0.952. The molecular weight excluding hydrogens is 214 g/mol. The predicted octanol–water partition coefficient (Wildman–Crippen LogP) is 0.111. The summed E-state index contributed by atoms with van der Waals surface area (Å²) >= 11 is 0. The highest BCUT2D eigenvalue weighted by Gasteiger charge is 2.18. The third kappa shape index (κ3) is 2.08. The van der Waals surface area contributed by atoms with Crippen LogP contribution in [0.3, 0.4) is 0 Å². The van der Waals surface area contributed by atoms with Gasteiger partial charge in [-0.25, -0.2) is 0 Å². The van der Waals surface area contributed by atoms with E-state index in [-0.39, 0.29) is 11.3 Å². The van der Waals surface area contributed by atoms with Gasteiger partial charge in [0.15, 0.2) is 0 Å². The Hall–Kier alpha value is -2.18. The van der Waals surface area contributed by atoms with Crippen LogP contribution in [-0.2, 0) is 4.79 Å². The van der Waals surface area contributed by atoms with Crippen LogP contribution in [0.25, 0.3) is 0 Å². The van der Waals surface area contributed by atoms with E-state index in [2.05, 4.69) is 0 Å². The van der Waals surface area contributed by atoms with Crippen LogP contribution in [0.15, 0.2) is 17.1 Å². The number of nitrogens with two attached hydrogens (primary N) is 1. The van der Waals surface area contributed by atoms with Crippen LogP contribution in [0.4, 0.5) is 5.69 Å². The number of pyridine rings is 1. The van der Waals surface area contributed by atoms with Crippen molar-refractivity contribution in [2.45, 2.75) is 19.9 Å². The van der Waals surface area contributed by atoms with Crippen molar-refractivity contribution in [3.05, 3.63) is 38.3 Å². The Labute approximate surface area is 90.6 Å². The van der Waals surface area contributed by atoms with E-state index in [0.29, 0.717) is 0 Å². The van der Waals surface area contributed by atoms with Crippen molar-refractivity contribution in [2.75, 3.05) is 0 Å². The number of carbonyl (C=O) groups excluding carboxylic acids is 1. The van der Waals surface area contributed by atoms with Crippen molar-refractivity contribution in [3.8, 4) is 0 Å². The van der Waals surface area contributed by atoms with Crippen LogP contribution in [0.5, 0.6) is 0 Å². The Kier molecular flexibility index (Phi) is 3.07. The molecule has 0 radical (unpaired) electrons. The summed E-state index contributed by atoms with van der Waals surface area (Å²) in [5.41, 5.74) is 4.58. The molecule has 0 aromatic carbocycles. The van der Waals surface area contributed by atoms with Crippen molar-refractivity contribution in [1.82, 2.24) is 4.57 Å². The molecular formula is C9H11N3O4. The highest BCUT2D eigenvalue weighted by molar-refractivity contribution is 5.77. The fraction of sp³-hybridized carbons (Fsp3) is 0.333. The smallest absolute Gasteiger partial charge is 0.288 e. The summed E-state index contributed by atoms with van der Waals surface area (Å²) in [5, 5.41) is 10.7. The standard InChI is InChI=1S/C9H11N3O4/c1-5-3-8(13)11(6(2)9(10)14)4-7(5)12(15)16/h3-4,6H,1-2H3,(H2,10,14). The maximum absolute atomic E-state index is 11.5. The van der Waals surface area contributed by atoms with Gasteiger partial charge in [0.2, 0.25) is 5.91 Å². The highest BCUT2D eigenvalue weighted by atomic mass is 16.6. The first kappa shape index (κ1) is 11.9. The fourth-order valence-corrected chi connectivity index (χ4v) is 1.26. The van der Waals surface area contributed by atoms with Gasteiger partial charge in [-0.2, -0.15) is 0 Å². The molecule has 0 bridgehead atoms. The lowest BCUT2D eigenvalue weighted by Gasteiger charge is -2.11. The Morgan fingerprint density at radius 3 is 2.62 bits per heavy atom. The average Bonchev–Trinajstić information content (AvgIpc) is 2.16. The van der Waals surface area contributed by atoms with Gasteiger partial charge in [0.25, 0.3) is 11.2 Å². The van der Waals surface area contributed by atoms with E-state index in [4.69, 9.17) is 5.73 Å². The summed E-state index contributed by atoms with van der Waals surface area (Å²) in [7, 11) is 0. The third-order valence-corrected chi connectivity index (χ3v) is 2.29. The molecule has 0 spiro atoms. The van der Waals surface area contributed by atoms with Crippen LogP contribution in [0.1, 0.15) is 18.5 Å². The van der Waals surface area contributed by atoms with Gasteiger partial charge in [-0.15, -0.1) is 0 Å². The number of amides is 1. The molecule has 1 amide bonds. The van der Waals surface area contributed by atoms with Crippen LogP contribution in [-0.4, -0.2) is 15.4 Å². The second kappa shape index (κ2) is 4.13. The van der Waals surface area contributed by atoms with Gasteiger partial charge in [0, 0.05) is 11.6 Å². The lowest BCUT2D eigenvalue weighted by Crippen LogP contribution is -2.31. The molecule has 1 atom stereocenters. The monoisotopic (exact) mass is 225 g/mol. The first-order chi connectivity index (χ1) is 7.34. The quantitative estimate of drug-likeness (QED) is 0.581. The number of aryl methyl sites for hydroxylation is 1. The second-order valence-electron chi connectivity index (χ2n) is 3.42. The van der Waals surface area contributed by atoms with E-state index in [9.17, 15) is 19.7 Å². The van der Waals surface area contributed by atoms with Crippen molar-refractivity contribution in [2.24, 2.45) is 5.73 Å². The first-order valence-corrected chi connectivity index (χ1v) is 4.51. The maximum Gasteiger partial charge on any atom is 0.288 e. The average molecular weight is 225 g/mol. The van der Waals surface area contributed by atoms with Gasteiger partial charge >= 0.3 is 0 Å². The number of nitro groups is 1. The number of hydrogen-bond acceptors (Lipinski definition) is 4. The minimum Gasteiger partial charge on any atom is -0.368 e. The fourth-order valence-electron chi connectivity index (χ4n) is 1.26. The number of nitrogens with zero attached hydrogens (tertiary/aromatic N) is 2. The molecule has 1 heterocycles. The zero-order valence-corrected chi connectivity index (χ0v) is 8.84. The van der Waals surface area contributed by atoms with E-state index in [1.54, 1.807) is 0 Å². The van der Waals surface area contributed by atoms with Gasteiger partial charge < -0.3 is 5.73 Å². The van der Waals surface area contributed by atoms with E-state index < -0.39 is 22.4 Å². The van der Waals surface area contributed by atoms with Crippen molar-refractivity contribution in [3.63, 3.8) is 0 Å². The minimum absolute atomic E-state index is 0.215. The summed E-state index contributed by atoms with van der Waals surface area (Å²) in [6.07, 6.45) is 1.03. The Morgan fingerprint density at radius 2 is 2.19 bits per heavy atom. The van der Waals surface area contributed by atoms with Crippen LogP contribution in [0.2, 0.25) is 0 Å². The molecule has 1 unspecified atom stereocenters. The molecule has 7 nitrogen and oxygen atoms in total. The zero-order chi connectivity index (χ0) is 12.5. The van der Waals surface area contributed by atoms with Gasteiger partial charge in [0.05, 0.1) is 11.1 Å².